The predicted molar refractivity (Wildman–Crippen MR) is 164 cm³/mol. The molecule has 0 fully saturated rings. The van der Waals surface area contributed by atoms with Crippen molar-refractivity contribution in [2.24, 2.45) is 0 Å². The van der Waals surface area contributed by atoms with Crippen molar-refractivity contribution in [3.8, 4) is 11.5 Å². The molecule has 3 aromatic carbocycles. The number of methoxy groups -OCH3 is 2. The first-order chi connectivity index (χ1) is 20.0. The number of ether oxygens (including phenoxy) is 2. The lowest BCUT2D eigenvalue weighted by Crippen LogP contribution is -2.52. The molecule has 0 aromatic heterocycles. The highest BCUT2D eigenvalue weighted by molar-refractivity contribution is 7.92. The van der Waals surface area contributed by atoms with Crippen molar-refractivity contribution >= 4 is 27.5 Å². The topological polar surface area (TPSA) is 105 Å². The number of rotatable bonds is 14. The Bertz CT molecular complexity index is 1460. The van der Waals surface area contributed by atoms with Gasteiger partial charge in [-0.15, -0.1) is 0 Å². The third-order valence-corrected chi connectivity index (χ3v) is 8.74. The van der Waals surface area contributed by atoms with Crippen LogP contribution in [0.25, 0.3) is 0 Å². The predicted octanol–water partition coefficient (Wildman–Crippen LogP) is 4.85. The summed E-state index contributed by atoms with van der Waals surface area (Å²) in [4.78, 5) is 28.9. The summed E-state index contributed by atoms with van der Waals surface area (Å²) < 4.78 is 40.0. The van der Waals surface area contributed by atoms with Gasteiger partial charge in [0.1, 0.15) is 12.6 Å². The first-order valence-corrected chi connectivity index (χ1v) is 15.4. The van der Waals surface area contributed by atoms with E-state index in [2.05, 4.69) is 5.32 Å². The van der Waals surface area contributed by atoms with E-state index in [1.54, 1.807) is 24.3 Å². The number of nitrogens with one attached hydrogen (secondary N) is 1. The van der Waals surface area contributed by atoms with E-state index in [1.165, 1.54) is 37.3 Å². The second kappa shape index (κ2) is 14.7. The first-order valence-electron chi connectivity index (χ1n) is 14.0. The SMILES string of the molecule is CCCNC(=O)[C@@H](CC)N(Cc1ccc(C)cc1)C(=O)CN(c1ccc(OC)c(OC)c1)S(=O)(=O)c1ccc(C)cc1. The summed E-state index contributed by atoms with van der Waals surface area (Å²) >= 11 is 0. The summed E-state index contributed by atoms with van der Waals surface area (Å²) in [5.74, 6) is -0.0632. The molecule has 0 spiro atoms. The van der Waals surface area contributed by atoms with E-state index in [0.717, 1.165) is 27.4 Å². The Labute approximate surface area is 249 Å². The summed E-state index contributed by atoms with van der Waals surface area (Å²) in [5, 5.41) is 2.89. The van der Waals surface area contributed by atoms with Crippen LogP contribution in [0.3, 0.4) is 0 Å². The van der Waals surface area contributed by atoms with Crippen LogP contribution in [0.5, 0.6) is 11.5 Å². The quantitative estimate of drug-likeness (QED) is 0.286. The zero-order valence-electron chi connectivity index (χ0n) is 25.2. The number of aryl methyl sites for hydroxylation is 2. The highest BCUT2D eigenvalue weighted by Gasteiger charge is 2.34. The summed E-state index contributed by atoms with van der Waals surface area (Å²) in [6.07, 6.45) is 1.10. The second-order valence-electron chi connectivity index (χ2n) is 10.1. The highest BCUT2D eigenvalue weighted by atomic mass is 32.2. The zero-order chi connectivity index (χ0) is 30.9. The maximum Gasteiger partial charge on any atom is 0.264 e. The molecule has 0 bridgehead atoms. The van der Waals surface area contributed by atoms with Crippen molar-refractivity contribution in [2.45, 2.75) is 58.0 Å². The van der Waals surface area contributed by atoms with Crippen LogP contribution in [0.4, 0.5) is 5.69 Å². The van der Waals surface area contributed by atoms with Crippen molar-refractivity contribution in [1.82, 2.24) is 10.2 Å². The van der Waals surface area contributed by atoms with Gasteiger partial charge in [-0.2, -0.15) is 0 Å². The van der Waals surface area contributed by atoms with Gasteiger partial charge in [0.05, 0.1) is 24.8 Å². The van der Waals surface area contributed by atoms with E-state index in [-0.39, 0.29) is 23.0 Å². The van der Waals surface area contributed by atoms with Gasteiger partial charge in [-0.25, -0.2) is 8.42 Å². The molecule has 3 aromatic rings. The molecule has 10 heteroatoms. The van der Waals surface area contributed by atoms with Gasteiger partial charge in [0.2, 0.25) is 11.8 Å². The standard InChI is InChI=1S/C32H41N3O6S/c1-7-19-33-32(37)28(8-2)34(21-25-13-9-23(3)10-14-25)31(36)22-35(26-15-18-29(40-5)30(20-26)41-6)42(38,39)27-16-11-24(4)12-17-27/h9-18,20,28H,7-8,19,21-22H2,1-6H3,(H,33,37)/t28-/m1/s1. The van der Waals surface area contributed by atoms with Crippen LogP contribution in [-0.2, 0) is 26.2 Å². The van der Waals surface area contributed by atoms with Crippen LogP contribution in [0.1, 0.15) is 43.4 Å². The minimum absolute atomic E-state index is 0.0356. The third-order valence-electron chi connectivity index (χ3n) is 6.95. The van der Waals surface area contributed by atoms with Crippen molar-refractivity contribution in [3.63, 3.8) is 0 Å². The monoisotopic (exact) mass is 595 g/mol. The van der Waals surface area contributed by atoms with Crippen molar-refractivity contribution in [3.05, 3.63) is 83.4 Å². The molecule has 0 saturated carbocycles. The molecule has 226 valence electrons. The average molecular weight is 596 g/mol. The minimum Gasteiger partial charge on any atom is -0.493 e. The fraction of sp³-hybridized carbons (Fsp3) is 0.375. The van der Waals surface area contributed by atoms with Gasteiger partial charge >= 0.3 is 0 Å². The fourth-order valence-corrected chi connectivity index (χ4v) is 5.93. The number of carbonyl (C=O) groups excluding carboxylic acids is 2. The zero-order valence-corrected chi connectivity index (χ0v) is 26.0. The number of hydrogen-bond donors (Lipinski definition) is 1. The van der Waals surface area contributed by atoms with Crippen molar-refractivity contribution in [2.75, 3.05) is 31.6 Å². The Kier molecular flexibility index (Phi) is 11.4. The van der Waals surface area contributed by atoms with Crippen molar-refractivity contribution < 1.29 is 27.5 Å². The molecule has 9 nitrogen and oxygen atoms in total. The van der Waals surface area contributed by atoms with E-state index in [0.29, 0.717) is 24.5 Å². The summed E-state index contributed by atoms with van der Waals surface area (Å²) in [6, 6.07) is 18.0. The number of carbonyl (C=O) groups is 2. The van der Waals surface area contributed by atoms with E-state index in [1.807, 2.05) is 52.0 Å². The minimum atomic E-state index is -4.20. The molecule has 0 radical (unpaired) electrons. The van der Waals surface area contributed by atoms with Crippen molar-refractivity contribution in [1.29, 1.82) is 0 Å². The Morgan fingerprint density at radius 1 is 0.857 bits per heavy atom. The Hall–Kier alpha value is -4.05. The number of anilines is 1. The summed E-state index contributed by atoms with van der Waals surface area (Å²) in [6.45, 7) is 7.70. The molecule has 0 unspecified atom stereocenters. The third kappa shape index (κ3) is 7.82. The van der Waals surface area contributed by atoms with E-state index in [4.69, 9.17) is 9.47 Å². The number of benzene rings is 3. The molecule has 2 amide bonds. The Balaban J connectivity index is 2.10. The van der Waals surface area contributed by atoms with Crippen LogP contribution in [0.15, 0.2) is 71.6 Å². The molecular weight excluding hydrogens is 554 g/mol. The average Bonchev–Trinajstić information content (AvgIpc) is 2.99. The van der Waals surface area contributed by atoms with Gasteiger partial charge < -0.3 is 19.7 Å². The molecule has 42 heavy (non-hydrogen) atoms. The molecule has 0 aliphatic heterocycles. The molecule has 1 N–H and O–H groups in total. The molecule has 1 atom stereocenters. The lowest BCUT2D eigenvalue weighted by molar-refractivity contribution is -0.140. The van der Waals surface area contributed by atoms with Crippen LogP contribution < -0.4 is 19.1 Å². The molecule has 3 rings (SSSR count). The van der Waals surface area contributed by atoms with E-state index in [9.17, 15) is 18.0 Å². The van der Waals surface area contributed by atoms with Gasteiger partial charge in [-0.3, -0.25) is 13.9 Å². The van der Waals surface area contributed by atoms with Crippen LogP contribution >= 0.6 is 0 Å². The van der Waals surface area contributed by atoms with E-state index < -0.39 is 28.5 Å². The maximum atomic E-state index is 14.2. The van der Waals surface area contributed by atoms with Gasteiger partial charge in [-0.05, 0) is 56.5 Å². The van der Waals surface area contributed by atoms with Crippen LogP contribution in [-0.4, -0.2) is 58.5 Å². The maximum absolute atomic E-state index is 14.2. The van der Waals surface area contributed by atoms with Gasteiger partial charge in [0.15, 0.2) is 11.5 Å². The summed E-state index contributed by atoms with van der Waals surface area (Å²) in [5.41, 5.74) is 3.01. The Morgan fingerprint density at radius 3 is 2.00 bits per heavy atom. The van der Waals surface area contributed by atoms with Crippen LogP contribution in [0.2, 0.25) is 0 Å². The highest BCUT2D eigenvalue weighted by Crippen LogP contribution is 2.34. The van der Waals surface area contributed by atoms with E-state index >= 15 is 0 Å². The van der Waals surface area contributed by atoms with Gasteiger partial charge in [-0.1, -0.05) is 61.4 Å². The normalized spacial score (nSPS) is 11.9. The van der Waals surface area contributed by atoms with Crippen LogP contribution in [0, 0.1) is 13.8 Å². The molecule has 0 saturated heterocycles. The Morgan fingerprint density at radius 2 is 1.45 bits per heavy atom. The first kappa shape index (κ1) is 32.5. The smallest absolute Gasteiger partial charge is 0.264 e. The lowest BCUT2D eigenvalue weighted by atomic mass is 10.1. The molecule has 0 heterocycles. The number of amides is 2. The van der Waals surface area contributed by atoms with Gasteiger partial charge in [0, 0.05) is 19.2 Å². The number of nitrogens with zero attached hydrogens (tertiary/aromatic N) is 2. The fourth-order valence-electron chi connectivity index (χ4n) is 4.52. The summed E-state index contributed by atoms with van der Waals surface area (Å²) in [7, 11) is -1.26. The lowest BCUT2D eigenvalue weighted by Gasteiger charge is -2.33. The second-order valence-corrected chi connectivity index (χ2v) is 11.9. The largest absolute Gasteiger partial charge is 0.493 e. The molecule has 0 aliphatic rings. The number of hydrogen-bond acceptors (Lipinski definition) is 6. The molecular formula is C32H41N3O6S. The molecule has 0 aliphatic carbocycles. The van der Waals surface area contributed by atoms with Gasteiger partial charge in [0.25, 0.3) is 10.0 Å². The number of sulfonamides is 1.